The van der Waals surface area contributed by atoms with Crippen molar-refractivity contribution < 1.29 is 28.2 Å². The lowest BCUT2D eigenvalue weighted by Crippen LogP contribution is -2.22. The zero-order valence-electron chi connectivity index (χ0n) is 24.1. The number of rotatable bonds is 30. The fraction of sp³-hybridized carbons (Fsp3) is 0.826. The summed E-state index contributed by atoms with van der Waals surface area (Å²) in [6.07, 6.45) is 0. The number of carbonyl (C=O) groups is 2. The molecule has 2 atom stereocenters. The van der Waals surface area contributed by atoms with Gasteiger partial charge in [-0.1, -0.05) is 23.5 Å². The number of thioether (sulfide) groups is 8. The third-order valence-electron chi connectivity index (χ3n) is 4.15. The Balaban J connectivity index is 3.40. The average molecular weight is 793 g/mol. The van der Waals surface area contributed by atoms with Crippen LogP contribution in [-0.2, 0) is 21.6 Å². The first-order valence-corrected chi connectivity index (χ1v) is 24.9. The van der Waals surface area contributed by atoms with Crippen molar-refractivity contribution in [1.29, 1.82) is 0 Å². The van der Waals surface area contributed by atoms with E-state index in [0.717, 1.165) is 67.3 Å². The molecule has 0 saturated carbocycles. The first-order valence-electron chi connectivity index (χ1n) is 13.2. The second-order valence-electron chi connectivity index (χ2n) is 7.57. The topological polar surface area (TPSA) is 158 Å². The van der Waals surface area contributed by atoms with E-state index in [0.29, 0.717) is 37.7 Å². The first-order chi connectivity index (χ1) is 21.0. The van der Waals surface area contributed by atoms with Gasteiger partial charge in [-0.15, -0.1) is 47.0 Å². The quantitative estimate of drug-likeness (QED) is 0.0362. The van der Waals surface area contributed by atoms with Gasteiger partial charge in [0.05, 0.1) is 51.7 Å². The van der Waals surface area contributed by atoms with Gasteiger partial charge < -0.3 is 20.8 Å². The number of hydrogen-bond donors (Lipinski definition) is 4. The maximum absolute atomic E-state index is 12.0. The lowest BCUT2D eigenvalue weighted by molar-refractivity contribution is 0.260. The molecule has 0 bridgehead atoms. The van der Waals surface area contributed by atoms with Crippen molar-refractivity contribution >= 4 is 137 Å². The van der Waals surface area contributed by atoms with Crippen LogP contribution in [0.25, 0.3) is 0 Å². The van der Waals surface area contributed by atoms with Crippen LogP contribution in [0.2, 0.25) is 0 Å². The lowest BCUT2D eigenvalue weighted by atomic mass is 10.8. The Labute approximate surface area is 295 Å². The summed E-state index contributed by atoms with van der Waals surface area (Å²) in [5, 5.41) is 25.7. The molecule has 0 aliphatic rings. The Kier molecular flexibility index (Phi) is 37.2. The van der Waals surface area contributed by atoms with Crippen LogP contribution in [0.3, 0.4) is 0 Å². The van der Waals surface area contributed by atoms with Gasteiger partial charge in [0, 0.05) is 93.2 Å². The SMILES string of the molecule is O=C(NCCSCSCCN=CS(=O)CCSCSCCSC(=O)NCCSCSCCN=CS(=O)CCO)SCCO. The summed E-state index contributed by atoms with van der Waals surface area (Å²) < 4.78 is 23.3. The molecule has 10 nitrogen and oxygen atoms in total. The predicted molar refractivity (Wildman–Crippen MR) is 208 cm³/mol. The number of hydrogen-bond acceptors (Lipinski definition) is 16. The fourth-order valence-corrected chi connectivity index (χ4v) is 11.2. The van der Waals surface area contributed by atoms with Crippen molar-refractivity contribution in [3.05, 3.63) is 0 Å². The predicted octanol–water partition coefficient (Wildman–Crippen LogP) is 3.68. The number of nitrogens with one attached hydrogen (secondary N) is 2. The second kappa shape index (κ2) is 36.1. The summed E-state index contributed by atoms with van der Waals surface area (Å²) >= 11 is 13.0. The largest absolute Gasteiger partial charge is 0.396 e. The molecule has 2 unspecified atom stereocenters. The van der Waals surface area contributed by atoms with E-state index in [1.807, 2.05) is 0 Å². The fourth-order valence-electron chi connectivity index (χ4n) is 2.26. The minimum atomic E-state index is -1.17. The number of aliphatic hydroxyl groups excluding tert-OH is 2. The third kappa shape index (κ3) is 36.0. The molecule has 0 fully saturated rings. The summed E-state index contributed by atoms with van der Waals surface area (Å²) in [4.78, 5) is 31.6. The zero-order valence-corrected chi connectivity index (χ0v) is 32.3. The summed E-state index contributed by atoms with van der Waals surface area (Å²) in [6.45, 7) is 2.43. The van der Waals surface area contributed by atoms with Crippen LogP contribution in [0.1, 0.15) is 0 Å². The molecular weight excluding hydrogens is 749 g/mol. The van der Waals surface area contributed by atoms with Gasteiger partial charge in [0.1, 0.15) is 0 Å². The molecule has 2 amide bonds. The average Bonchev–Trinajstić information content (AvgIpc) is 2.99. The summed E-state index contributed by atoms with van der Waals surface area (Å²) in [6, 6.07) is 0. The van der Waals surface area contributed by atoms with Crippen LogP contribution in [0.5, 0.6) is 0 Å². The molecule has 4 N–H and O–H groups in total. The molecule has 252 valence electrons. The van der Waals surface area contributed by atoms with Crippen molar-refractivity contribution in [3.63, 3.8) is 0 Å². The van der Waals surface area contributed by atoms with Gasteiger partial charge in [-0.2, -0.15) is 23.5 Å². The maximum atomic E-state index is 12.0. The van der Waals surface area contributed by atoms with Crippen molar-refractivity contribution in [1.82, 2.24) is 10.6 Å². The van der Waals surface area contributed by atoms with Crippen molar-refractivity contribution in [3.8, 4) is 0 Å². The molecule has 0 heterocycles. The summed E-state index contributed by atoms with van der Waals surface area (Å²) in [5.41, 5.74) is 2.96. The molecule has 0 aliphatic heterocycles. The number of carbonyl (C=O) groups excluding carboxylic acids is 2. The minimum absolute atomic E-state index is 0.00441. The first kappa shape index (κ1) is 44.3. The number of aliphatic hydroxyl groups is 2. The van der Waals surface area contributed by atoms with Gasteiger partial charge in [0.25, 0.3) is 10.5 Å². The van der Waals surface area contributed by atoms with Crippen molar-refractivity contribution in [2.75, 3.05) is 112 Å². The van der Waals surface area contributed by atoms with Gasteiger partial charge in [-0.3, -0.25) is 28.0 Å². The summed E-state index contributed by atoms with van der Waals surface area (Å²) in [5.74, 6) is 7.14. The lowest BCUT2D eigenvalue weighted by Gasteiger charge is -2.05. The normalized spacial score (nSPS) is 13.1. The molecule has 0 radical (unpaired) electrons. The Morgan fingerprint density at radius 3 is 1.58 bits per heavy atom. The van der Waals surface area contributed by atoms with Crippen LogP contribution < -0.4 is 10.6 Å². The number of nitrogens with zero attached hydrogens (tertiary/aromatic N) is 2. The molecule has 0 aliphatic carbocycles. The highest BCUT2D eigenvalue weighted by molar-refractivity contribution is 8.18. The van der Waals surface area contributed by atoms with E-state index in [4.69, 9.17) is 10.2 Å². The highest BCUT2D eigenvalue weighted by Crippen LogP contribution is 2.15. The van der Waals surface area contributed by atoms with E-state index in [1.165, 1.54) is 17.3 Å². The van der Waals surface area contributed by atoms with Crippen LogP contribution >= 0.6 is 94.1 Å². The monoisotopic (exact) mass is 792 g/mol. The molecule has 0 aromatic heterocycles. The number of amides is 2. The van der Waals surface area contributed by atoms with Crippen molar-refractivity contribution in [2.24, 2.45) is 9.98 Å². The molecule has 0 rings (SSSR count). The van der Waals surface area contributed by atoms with Crippen LogP contribution in [-0.4, -0.2) is 152 Å². The maximum Gasteiger partial charge on any atom is 0.279 e. The van der Waals surface area contributed by atoms with E-state index < -0.39 is 21.6 Å². The zero-order chi connectivity index (χ0) is 31.6. The minimum Gasteiger partial charge on any atom is -0.396 e. The second-order valence-corrected chi connectivity index (χ2v) is 20.2. The molecule has 0 aromatic rings. The Hall–Kier alpha value is 1.30. The Morgan fingerprint density at radius 2 is 1.05 bits per heavy atom. The smallest absolute Gasteiger partial charge is 0.279 e. The summed E-state index contributed by atoms with van der Waals surface area (Å²) in [7, 11) is -2.21. The van der Waals surface area contributed by atoms with Crippen LogP contribution in [0.15, 0.2) is 9.98 Å². The molecule has 43 heavy (non-hydrogen) atoms. The van der Waals surface area contributed by atoms with Gasteiger partial charge in [-0.05, 0) is 0 Å². The Morgan fingerprint density at radius 1 is 0.581 bits per heavy atom. The third-order valence-corrected chi connectivity index (χ3v) is 15.2. The van der Waals surface area contributed by atoms with Crippen molar-refractivity contribution in [2.45, 2.75) is 0 Å². The molecule has 0 saturated heterocycles. The molecule has 0 spiro atoms. The molecule has 0 aromatic carbocycles. The molecular formula is C23H44N4O6S10. The number of aliphatic imine (C=N–C) groups is 2. The van der Waals surface area contributed by atoms with E-state index in [2.05, 4.69) is 20.6 Å². The highest BCUT2D eigenvalue weighted by Gasteiger charge is 2.03. The molecule has 20 heteroatoms. The van der Waals surface area contributed by atoms with Gasteiger partial charge in [-0.25, -0.2) is 0 Å². The van der Waals surface area contributed by atoms with Gasteiger partial charge in [0.2, 0.25) is 0 Å². The Bertz CT molecular complexity index is 802. The van der Waals surface area contributed by atoms with Gasteiger partial charge in [0.15, 0.2) is 0 Å². The van der Waals surface area contributed by atoms with E-state index >= 15 is 0 Å². The van der Waals surface area contributed by atoms with E-state index in [1.54, 1.807) is 76.1 Å². The highest BCUT2D eigenvalue weighted by atomic mass is 32.2. The standard InChI is InChI=1S/C23H44N4O6S10/c28-5-11-40-22(30)26-3-9-36-20-35-8-2-25-18-43(33)16-14-39-21-38-12-13-41-23(31)27-4-10-37-19-34-7-1-24-17-42(32)15-6-29/h17-18,28-29H,1-16,19-21H2,(H,26,30)(H,27,31). The van der Waals surface area contributed by atoms with Crippen LogP contribution in [0, 0.1) is 0 Å². The van der Waals surface area contributed by atoms with E-state index in [9.17, 15) is 18.0 Å². The van der Waals surface area contributed by atoms with Gasteiger partial charge >= 0.3 is 0 Å². The van der Waals surface area contributed by atoms with Crippen LogP contribution in [0.4, 0.5) is 9.59 Å². The van der Waals surface area contributed by atoms with E-state index in [-0.39, 0.29) is 29.4 Å².